The zero-order chi connectivity index (χ0) is 18.6. The number of benzene rings is 2. The third-order valence-corrected chi connectivity index (χ3v) is 4.40. The average Bonchev–Trinajstić information content (AvgIpc) is 3.16. The van der Waals surface area contributed by atoms with E-state index in [1.165, 1.54) is 5.56 Å². The number of fused-ring (bicyclic) bond motifs is 1. The van der Waals surface area contributed by atoms with Crippen LogP contribution in [0.4, 0.5) is 0 Å². The molecule has 0 unspecified atom stereocenters. The van der Waals surface area contributed by atoms with Crippen LogP contribution in [0, 0.1) is 0 Å². The fourth-order valence-corrected chi connectivity index (χ4v) is 3.05. The molecular formula is C21H20N4O2. The van der Waals surface area contributed by atoms with Gasteiger partial charge in [0.15, 0.2) is 0 Å². The second kappa shape index (κ2) is 7.55. The molecule has 0 spiro atoms. The summed E-state index contributed by atoms with van der Waals surface area (Å²) in [5.74, 6) is 1.96. The van der Waals surface area contributed by atoms with Gasteiger partial charge in [0.1, 0.15) is 5.75 Å². The standard InChI is InChI=1S/C21H20N4O2/c1-25(13-16-11-12-22-19-6-4-3-5-18(16)19)14-20-23-21(24-27-20)15-7-9-17(26-2)10-8-15/h3-12H,13-14H2,1-2H3. The fourth-order valence-electron chi connectivity index (χ4n) is 3.05. The molecule has 2 aromatic heterocycles. The molecule has 0 saturated carbocycles. The van der Waals surface area contributed by atoms with Gasteiger partial charge in [0, 0.05) is 23.7 Å². The first-order chi connectivity index (χ1) is 13.2. The van der Waals surface area contributed by atoms with Crippen LogP contribution in [0.3, 0.4) is 0 Å². The maximum Gasteiger partial charge on any atom is 0.241 e. The Morgan fingerprint density at radius 2 is 1.81 bits per heavy atom. The predicted molar refractivity (Wildman–Crippen MR) is 103 cm³/mol. The first kappa shape index (κ1) is 17.2. The lowest BCUT2D eigenvalue weighted by atomic mass is 10.1. The Kier molecular flexibility index (Phi) is 4.80. The van der Waals surface area contributed by atoms with Gasteiger partial charge >= 0.3 is 0 Å². The lowest BCUT2D eigenvalue weighted by Crippen LogP contribution is -2.17. The van der Waals surface area contributed by atoms with E-state index in [0.29, 0.717) is 18.3 Å². The van der Waals surface area contributed by atoms with E-state index in [9.17, 15) is 0 Å². The summed E-state index contributed by atoms with van der Waals surface area (Å²) in [6.07, 6.45) is 1.85. The van der Waals surface area contributed by atoms with Crippen molar-refractivity contribution in [3.63, 3.8) is 0 Å². The number of rotatable bonds is 6. The van der Waals surface area contributed by atoms with Crippen molar-refractivity contribution in [1.29, 1.82) is 0 Å². The summed E-state index contributed by atoms with van der Waals surface area (Å²) >= 11 is 0. The number of para-hydroxylation sites is 1. The SMILES string of the molecule is COc1ccc(-c2noc(CN(C)Cc3ccnc4ccccc34)n2)cc1. The van der Waals surface area contributed by atoms with Gasteiger partial charge in [-0.3, -0.25) is 9.88 Å². The molecule has 136 valence electrons. The summed E-state index contributed by atoms with van der Waals surface area (Å²) in [5, 5.41) is 5.25. The maximum absolute atomic E-state index is 5.43. The van der Waals surface area contributed by atoms with Crippen LogP contribution in [0.1, 0.15) is 11.5 Å². The van der Waals surface area contributed by atoms with Crippen LogP contribution in [0.2, 0.25) is 0 Å². The average molecular weight is 360 g/mol. The van der Waals surface area contributed by atoms with Crippen molar-refractivity contribution in [2.45, 2.75) is 13.1 Å². The van der Waals surface area contributed by atoms with E-state index in [-0.39, 0.29) is 0 Å². The molecule has 4 rings (SSSR count). The van der Waals surface area contributed by atoms with E-state index < -0.39 is 0 Å². The summed E-state index contributed by atoms with van der Waals surface area (Å²) in [7, 11) is 3.68. The summed E-state index contributed by atoms with van der Waals surface area (Å²) < 4.78 is 10.6. The Morgan fingerprint density at radius 1 is 1.00 bits per heavy atom. The number of hydrogen-bond acceptors (Lipinski definition) is 6. The number of ether oxygens (including phenoxy) is 1. The van der Waals surface area contributed by atoms with Gasteiger partial charge in [-0.25, -0.2) is 0 Å². The smallest absolute Gasteiger partial charge is 0.241 e. The normalized spacial score (nSPS) is 11.2. The fraction of sp³-hybridized carbons (Fsp3) is 0.190. The highest BCUT2D eigenvalue weighted by Crippen LogP contribution is 2.21. The molecule has 0 saturated heterocycles. The first-order valence-electron chi connectivity index (χ1n) is 8.71. The zero-order valence-electron chi connectivity index (χ0n) is 15.3. The highest BCUT2D eigenvalue weighted by Gasteiger charge is 2.12. The summed E-state index contributed by atoms with van der Waals surface area (Å²) in [5.41, 5.74) is 3.12. The van der Waals surface area contributed by atoms with E-state index >= 15 is 0 Å². The van der Waals surface area contributed by atoms with Gasteiger partial charge in [0.2, 0.25) is 11.7 Å². The van der Waals surface area contributed by atoms with E-state index in [2.05, 4.69) is 32.2 Å². The van der Waals surface area contributed by atoms with E-state index in [4.69, 9.17) is 9.26 Å². The summed E-state index contributed by atoms with van der Waals surface area (Å²) in [6.45, 7) is 1.34. The molecule has 0 bridgehead atoms. The number of pyridine rings is 1. The van der Waals surface area contributed by atoms with Crippen molar-refractivity contribution in [2.75, 3.05) is 14.2 Å². The molecule has 0 atom stereocenters. The first-order valence-corrected chi connectivity index (χ1v) is 8.71. The Bertz CT molecular complexity index is 1040. The van der Waals surface area contributed by atoms with Gasteiger partial charge in [-0.1, -0.05) is 23.4 Å². The van der Waals surface area contributed by atoms with Crippen molar-refractivity contribution in [3.05, 3.63) is 72.2 Å². The zero-order valence-corrected chi connectivity index (χ0v) is 15.3. The summed E-state index contributed by atoms with van der Waals surface area (Å²) in [4.78, 5) is 11.1. The Morgan fingerprint density at radius 3 is 2.63 bits per heavy atom. The van der Waals surface area contributed by atoms with Crippen LogP contribution in [0.15, 0.2) is 65.3 Å². The minimum absolute atomic E-state index is 0.569. The molecule has 6 heteroatoms. The van der Waals surface area contributed by atoms with Crippen LogP contribution in [0.5, 0.6) is 5.75 Å². The highest BCUT2D eigenvalue weighted by molar-refractivity contribution is 5.81. The van der Waals surface area contributed by atoms with Gasteiger partial charge in [-0.2, -0.15) is 4.98 Å². The second-order valence-electron chi connectivity index (χ2n) is 6.40. The Balaban J connectivity index is 1.46. The van der Waals surface area contributed by atoms with Gasteiger partial charge in [-0.15, -0.1) is 0 Å². The van der Waals surface area contributed by atoms with Gasteiger partial charge < -0.3 is 9.26 Å². The minimum atomic E-state index is 0.569. The number of aromatic nitrogens is 3. The van der Waals surface area contributed by atoms with Crippen molar-refractivity contribution in [3.8, 4) is 17.1 Å². The number of hydrogen-bond donors (Lipinski definition) is 0. The molecule has 0 fully saturated rings. The molecule has 0 N–H and O–H groups in total. The predicted octanol–water partition coefficient (Wildman–Crippen LogP) is 3.93. The van der Waals surface area contributed by atoms with Crippen molar-refractivity contribution in [1.82, 2.24) is 20.0 Å². The van der Waals surface area contributed by atoms with E-state index in [0.717, 1.165) is 28.8 Å². The second-order valence-corrected chi connectivity index (χ2v) is 6.40. The monoisotopic (exact) mass is 360 g/mol. The molecule has 0 amide bonds. The molecule has 2 heterocycles. The lowest BCUT2D eigenvalue weighted by molar-refractivity contribution is 0.261. The van der Waals surface area contributed by atoms with Gasteiger partial charge in [0.05, 0.1) is 19.2 Å². The number of methoxy groups -OCH3 is 1. The highest BCUT2D eigenvalue weighted by atomic mass is 16.5. The molecule has 6 nitrogen and oxygen atoms in total. The molecule has 2 aromatic carbocycles. The minimum Gasteiger partial charge on any atom is -0.497 e. The summed E-state index contributed by atoms with van der Waals surface area (Å²) in [6, 6.07) is 17.8. The largest absolute Gasteiger partial charge is 0.497 e. The van der Waals surface area contributed by atoms with Crippen LogP contribution >= 0.6 is 0 Å². The van der Waals surface area contributed by atoms with Crippen molar-refractivity contribution < 1.29 is 9.26 Å². The molecule has 27 heavy (non-hydrogen) atoms. The van der Waals surface area contributed by atoms with Gasteiger partial charge in [0.25, 0.3) is 0 Å². The van der Waals surface area contributed by atoms with Crippen LogP contribution in [-0.2, 0) is 13.1 Å². The van der Waals surface area contributed by atoms with Crippen molar-refractivity contribution in [2.24, 2.45) is 0 Å². The van der Waals surface area contributed by atoms with Crippen LogP contribution in [-0.4, -0.2) is 34.2 Å². The molecular weight excluding hydrogens is 340 g/mol. The molecule has 0 aliphatic heterocycles. The quantitative estimate of drug-likeness (QED) is 0.519. The molecule has 0 aliphatic rings. The molecule has 0 aliphatic carbocycles. The van der Waals surface area contributed by atoms with Crippen LogP contribution in [0.25, 0.3) is 22.3 Å². The Hall–Kier alpha value is -3.25. The molecule has 0 radical (unpaired) electrons. The van der Waals surface area contributed by atoms with Crippen molar-refractivity contribution >= 4 is 10.9 Å². The maximum atomic E-state index is 5.43. The number of nitrogens with zero attached hydrogens (tertiary/aromatic N) is 4. The third-order valence-electron chi connectivity index (χ3n) is 4.40. The van der Waals surface area contributed by atoms with Gasteiger partial charge in [-0.05, 0) is 49.0 Å². The lowest BCUT2D eigenvalue weighted by Gasteiger charge is -2.15. The third kappa shape index (κ3) is 3.80. The molecule has 4 aromatic rings. The van der Waals surface area contributed by atoms with E-state index in [1.807, 2.05) is 55.7 Å². The Labute approximate surface area is 157 Å². The van der Waals surface area contributed by atoms with Crippen LogP contribution < -0.4 is 4.74 Å². The van der Waals surface area contributed by atoms with E-state index in [1.54, 1.807) is 7.11 Å². The topological polar surface area (TPSA) is 64.3 Å².